The second-order valence-electron chi connectivity index (χ2n) is 4.69. The number of hydrogen-bond donors (Lipinski definition) is 4. The number of phenolic OH excluding ortho intramolecular Hbond substituents is 1. The van der Waals surface area contributed by atoms with Crippen LogP contribution in [-0.2, 0) is 0 Å². The highest BCUT2D eigenvalue weighted by molar-refractivity contribution is 9.10. The number of hydrogen-bond acceptors (Lipinski definition) is 6. The van der Waals surface area contributed by atoms with E-state index >= 15 is 0 Å². The van der Waals surface area contributed by atoms with Crippen LogP contribution < -0.4 is 11.0 Å². The Morgan fingerprint density at radius 1 is 1.46 bits per heavy atom. The molecule has 0 aliphatic carbocycles. The van der Waals surface area contributed by atoms with Crippen LogP contribution in [0.3, 0.4) is 0 Å². The number of pyridine rings is 1. The van der Waals surface area contributed by atoms with Crippen molar-refractivity contribution in [3.05, 3.63) is 55.3 Å². The van der Waals surface area contributed by atoms with E-state index in [0.717, 1.165) is 6.21 Å². The van der Waals surface area contributed by atoms with Gasteiger partial charge in [0.05, 0.1) is 17.3 Å². The quantitative estimate of drug-likeness (QED) is 0.464. The molecule has 122 valence electrons. The standard InChI is InChI=1S/C15H11BrN4O4/c1-7-10(5-17)13(22)19-14(23)11(7)6-18-20-15(24)9-4-8(16)2-3-12(9)21/h2-4,6,21H,1H3,(H,20,24)(H2,19,22,23). The Bertz CT molecular complexity index is 944. The molecule has 0 aliphatic heterocycles. The van der Waals surface area contributed by atoms with Crippen molar-refractivity contribution in [2.45, 2.75) is 6.92 Å². The van der Waals surface area contributed by atoms with Gasteiger partial charge in [0.15, 0.2) is 0 Å². The molecule has 0 fully saturated rings. The van der Waals surface area contributed by atoms with E-state index in [9.17, 15) is 19.8 Å². The summed E-state index contributed by atoms with van der Waals surface area (Å²) < 4.78 is 0.599. The molecule has 0 unspecified atom stereocenters. The number of nitrogens with one attached hydrogen (secondary N) is 2. The monoisotopic (exact) mass is 390 g/mol. The lowest BCUT2D eigenvalue weighted by Crippen LogP contribution is -2.18. The summed E-state index contributed by atoms with van der Waals surface area (Å²) in [5.41, 5.74) is 1.62. The minimum absolute atomic E-state index is 0.00153. The number of aromatic hydroxyl groups is 2. The lowest BCUT2D eigenvalue weighted by atomic mass is 10.1. The van der Waals surface area contributed by atoms with Gasteiger partial charge in [0.1, 0.15) is 17.4 Å². The van der Waals surface area contributed by atoms with Crippen LogP contribution in [0, 0.1) is 18.3 Å². The Labute approximate surface area is 144 Å². The van der Waals surface area contributed by atoms with Gasteiger partial charge in [-0.1, -0.05) is 15.9 Å². The van der Waals surface area contributed by atoms with Gasteiger partial charge >= 0.3 is 0 Å². The van der Waals surface area contributed by atoms with Gasteiger partial charge in [-0.15, -0.1) is 0 Å². The van der Waals surface area contributed by atoms with Crippen molar-refractivity contribution >= 4 is 28.1 Å². The molecule has 0 saturated heterocycles. The zero-order valence-electron chi connectivity index (χ0n) is 12.3. The van der Waals surface area contributed by atoms with Gasteiger partial charge in [0, 0.05) is 4.47 Å². The first kappa shape index (κ1) is 17.2. The Balaban J connectivity index is 2.27. The molecule has 8 nitrogen and oxygen atoms in total. The van der Waals surface area contributed by atoms with Gasteiger partial charge in [-0.25, -0.2) is 5.43 Å². The number of halogens is 1. The zero-order chi connectivity index (χ0) is 17.9. The van der Waals surface area contributed by atoms with Gasteiger partial charge in [-0.05, 0) is 30.7 Å². The number of hydrazone groups is 1. The smallest absolute Gasteiger partial charge is 0.275 e. The maximum absolute atomic E-state index is 12.0. The molecule has 9 heteroatoms. The van der Waals surface area contributed by atoms with Crippen molar-refractivity contribution < 1.29 is 15.0 Å². The topological polar surface area (TPSA) is 139 Å². The predicted octanol–water partition coefficient (Wildman–Crippen LogP) is 1.49. The van der Waals surface area contributed by atoms with Gasteiger partial charge in [-0.3, -0.25) is 14.6 Å². The molecule has 0 atom stereocenters. The number of carbonyl (C=O) groups excluding carboxylic acids is 1. The van der Waals surface area contributed by atoms with E-state index in [-0.39, 0.29) is 28.0 Å². The Morgan fingerprint density at radius 3 is 2.83 bits per heavy atom. The van der Waals surface area contributed by atoms with Crippen molar-refractivity contribution in [2.24, 2.45) is 5.10 Å². The van der Waals surface area contributed by atoms with E-state index < -0.39 is 17.3 Å². The highest BCUT2D eigenvalue weighted by Crippen LogP contribution is 2.21. The van der Waals surface area contributed by atoms with E-state index in [1.165, 1.54) is 19.1 Å². The fourth-order valence-corrected chi connectivity index (χ4v) is 2.28. The molecule has 1 heterocycles. The second kappa shape index (κ2) is 6.97. The fraction of sp³-hybridized carbons (Fsp3) is 0.0667. The summed E-state index contributed by atoms with van der Waals surface area (Å²) in [6.45, 7) is 1.47. The van der Waals surface area contributed by atoms with E-state index in [0.29, 0.717) is 4.47 Å². The van der Waals surface area contributed by atoms with Crippen LogP contribution in [0.15, 0.2) is 32.6 Å². The van der Waals surface area contributed by atoms with E-state index in [1.807, 2.05) is 0 Å². The number of amides is 1. The molecular formula is C15H11BrN4O4. The van der Waals surface area contributed by atoms with Crippen LogP contribution >= 0.6 is 15.9 Å². The normalized spacial score (nSPS) is 10.5. The molecular weight excluding hydrogens is 380 g/mol. The van der Waals surface area contributed by atoms with Gasteiger partial charge < -0.3 is 10.2 Å². The number of aromatic amines is 1. The first-order valence-corrected chi connectivity index (χ1v) is 7.32. The largest absolute Gasteiger partial charge is 0.507 e. The summed E-state index contributed by atoms with van der Waals surface area (Å²) in [5.74, 6) is -1.37. The SMILES string of the molecule is Cc1c(C=NNC(=O)c2cc(Br)ccc2O)c(O)[nH]c(=O)c1C#N. The van der Waals surface area contributed by atoms with Gasteiger partial charge in [0.2, 0.25) is 5.88 Å². The van der Waals surface area contributed by atoms with Crippen LogP contribution in [-0.4, -0.2) is 27.3 Å². The Morgan fingerprint density at radius 2 is 2.17 bits per heavy atom. The molecule has 1 amide bonds. The van der Waals surface area contributed by atoms with Crippen molar-refractivity contribution in [1.29, 1.82) is 5.26 Å². The summed E-state index contributed by atoms with van der Waals surface area (Å²) in [4.78, 5) is 25.6. The number of phenols is 1. The molecule has 0 radical (unpaired) electrons. The first-order valence-electron chi connectivity index (χ1n) is 6.53. The van der Waals surface area contributed by atoms with Gasteiger partial charge in [-0.2, -0.15) is 10.4 Å². The van der Waals surface area contributed by atoms with Crippen LogP contribution in [0.5, 0.6) is 11.6 Å². The third-order valence-corrected chi connectivity index (χ3v) is 3.66. The summed E-state index contributed by atoms with van der Waals surface area (Å²) in [6.07, 6.45) is 1.09. The number of benzene rings is 1. The lowest BCUT2D eigenvalue weighted by molar-refractivity contribution is 0.0952. The molecule has 1 aromatic heterocycles. The zero-order valence-corrected chi connectivity index (χ0v) is 13.9. The highest BCUT2D eigenvalue weighted by Gasteiger charge is 2.13. The molecule has 4 N–H and O–H groups in total. The average Bonchev–Trinajstić information content (AvgIpc) is 2.52. The maximum Gasteiger partial charge on any atom is 0.275 e. The van der Waals surface area contributed by atoms with Crippen LogP contribution in [0.25, 0.3) is 0 Å². The highest BCUT2D eigenvalue weighted by atomic mass is 79.9. The molecule has 2 rings (SSSR count). The number of rotatable bonds is 3. The molecule has 1 aromatic carbocycles. The summed E-state index contributed by atoms with van der Waals surface area (Å²) in [5, 5.41) is 32.0. The van der Waals surface area contributed by atoms with Crippen molar-refractivity contribution in [3.63, 3.8) is 0 Å². The Kier molecular flexibility index (Phi) is 5.01. The Hall–Kier alpha value is -3.12. The molecule has 0 saturated carbocycles. The van der Waals surface area contributed by atoms with E-state index in [2.05, 4.69) is 31.4 Å². The molecule has 0 bridgehead atoms. The lowest BCUT2D eigenvalue weighted by Gasteiger charge is -2.05. The number of nitriles is 1. The van der Waals surface area contributed by atoms with Crippen molar-refractivity contribution in [2.75, 3.05) is 0 Å². The van der Waals surface area contributed by atoms with Crippen LogP contribution in [0.4, 0.5) is 0 Å². The van der Waals surface area contributed by atoms with Crippen molar-refractivity contribution in [1.82, 2.24) is 10.4 Å². The number of H-pyrrole nitrogens is 1. The third-order valence-electron chi connectivity index (χ3n) is 3.17. The number of nitrogens with zero attached hydrogens (tertiary/aromatic N) is 2. The van der Waals surface area contributed by atoms with Crippen molar-refractivity contribution in [3.8, 4) is 17.7 Å². The molecule has 24 heavy (non-hydrogen) atoms. The summed E-state index contributed by atoms with van der Waals surface area (Å²) in [7, 11) is 0. The minimum Gasteiger partial charge on any atom is -0.507 e. The maximum atomic E-state index is 12.0. The van der Waals surface area contributed by atoms with Gasteiger partial charge in [0.25, 0.3) is 11.5 Å². The summed E-state index contributed by atoms with van der Waals surface area (Å²) >= 11 is 3.18. The van der Waals surface area contributed by atoms with Crippen LogP contribution in [0.1, 0.15) is 27.0 Å². The predicted molar refractivity (Wildman–Crippen MR) is 89.0 cm³/mol. The summed E-state index contributed by atoms with van der Waals surface area (Å²) in [6, 6.07) is 6.06. The first-order chi connectivity index (χ1) is 11.3. The third kappa shape index (κ3) is 3.44. The fourth-order valence-electron chi connectivity index (χ4n) is 1.92. The minimum atomic E-state index is -0.715. The van der Waals surface area contributed by atoms with Crippen LogP contribution in [0.2, 0.25) is 0 Å². The second-order valence-corrected chi connectivity index (χ2v) is 5.60. The molecule has 0 spiro atoms. The number of aromatic nitrogens is 1. The van der Waals surface area contributed by atoms with E-state index in [1.54, 1.807) is 12.1 Å². The average molecular weight is 391 g/mol. The molecule has 0 aliphatic rings. The molecule has 2 aromatic rings. The number of carbonyl (C=O) groups is 1. The van der Waals surface area contributed by atoms with E-state index in [4.69, 9.17) is 5.26 Å².